The van der Waals surface area contributed by atoms with Crippen LogP contribution in [0.25, 0.3) is 0 Å². The van der Waals surface area contributed by atoms with Crippen LogP contribution in [0.4, 0.5) is 0 Å². The number of pyridine rings is 1. The monoisotopic (exact) mass is 259 g/mol. The number of nitriles is 1. The maximum absolute atomic E-state index is 12.3. The molecule has 1 unspecified atom stereocenters. The molecule has 0 aliphatic carbocycles. The predicted octanol–water partition coefficient (Wildman–Crippen LogP) is 0.731. The zero-order valence-electron chi connectivity index (χ0n) is 10.5. The van der Waals surface area contributed by atoms with E-state index in [9.17, 15) is 9.59 Å². The van der Waals surface area contributed by atoms with Crippen molar-refractivity contribution in [1.29, 1.82) is 5.26 Å². The smallest absolute Gasteiger partial charge is 0.328 e. The number of ether oxygens (including phenoxy) is 1. The van der Waals surface area contributed by atoms with Crippen LogP contribution < -0.4 is 0 Å². The normalized spacial score (nSPS) is 17.9. The van der Waals surface area contributed by atoms with Gasteiger partial charge in [0.1, 0.15) is 17.8 Å². The van der Waals surface area contributed by atoms with E-state index in [1.165, 1.54) is 30.3 Å². The summed E-state index contributed by atoms with van der Waals surface area (Å²) in [5.74, 6) is -0.674. The van der Waals surface area contributed by atoms with Crippen molar-refractivity contribution < 1.29 is 14.3 Å². The summed E-state index contributed by atoms with van der Waals surface area (Å²) in [7, 11) is 1.31. The number of esters is 1. The van der Waals surface area contributed by atoms with Gasteiger partial charge in [-0.15, -0.1) is 0 Å². The molecule has 98 valence electrons. The highest BCUT2D eigenvalue weighted by Crippen LogP contribution is 2.21. The molecule has 6 heteroatoms. The Bertz CT molecular complexity index is 550. The van der Waals surface area contributed by atoms with Crippen molar-refractivity contribution >= 4 is 11.9 Å². The van der Waals surface area contributed by atoms with Gasteiger partial charge in [0, 0.05) is 18.3 Å². The minimum Gasteiger partial charge on any atom is -0.467 e. The van der Waals surface area contributed by atoms with E-state index in [1.807, 2.05) is 6.07 Å². The Hall–Kier alpha value is -2.42. The first-order valence-electron chi connectivity index (χ1n) is 5.92. The van der Waals surface area contributed by atoms with Crippen LogP contribution in [0.2, 0.25) is 0 Å². The largest absolute Gasteiger partial charge is 0.467 e. The molecule has 0 radical (unpaired) electrons. The molecule has 0 N–H and O–H groups in total. The zero-order valence-corrected chi connectivity index (χ0v) is 10.5. The third-order valence-electron chi connectivity index (χ3n) is 3.11. The molecule has 1 aromatic heterocycles. The second-order valence-electron chi connectivity index (χ2n) is 4.22. The van der Waals surface area contributed by atoms with Gasteiger partial charge in [-0.3, -0.25) is 4.79 Å². The Labute approximate surface area is 110 Å². The van der Waals surface area contributed by atoms with Crippen molar-refractivity contribution in [2.45, 2.75) is 18.9 Å². The van der Waals surface area contributed by atoms with Crippen LogP contribution in [0, 0.1) is 11.3 Å². The van der Waals surface area contributed by atoms with Crippen molar-refractivity contribution in [3.63, 3.8) is 0 Å². The molecule has 19 heavy (non-hydrogen) atoms. The van der Waals surface area contributed by atoms with Gasteiger partial charge < -0.3 is 9.64 Å². The quantitative estimate of drug-likeness (QED) is 0.731. The van der Waals surface area contributed by atoms with Gasteiger partial charge in [-0.05, 0) is 25.0 Å². The number of amides is 1. The van der Waals surface area contributed by atoms with Crippen LogP contribution >= 0.6 is 0 Å². The van der Waals surface area contributed by atoms with E-state index < -0.39 is 12.0 Å². The summed E-state index contributed by atoms with van der Waals surface area (Å²) in [6, 6.07) is 4.32. The van der Waals surface area contributed by atoms with Crippen molar-refractivity contribution in [3.05, 3.63) is 29.6 Å². The molecule has 2 rings (SSSR count). The summed E-state index contributed by atoms with van der Waals surface area (Å²) in [6.45, 7) is 0.517. The summed E-state index contributed by atoms with van der Waals surface area (Å²) >= 11 is 0. The van der Waals surface area contributed by atoms with Crippen molar-refractivity contribution in [2.75, 3.05) is 13.7 Å². The van der Waals surface area contributed by atoms with Gasteiger partial charge in [-0.2, -0.15) is 5.26 Å². The van der Waals surface area contributed by atoms with E-state index in [4.69, 9.17) is 10.00 Å². The Balaban J connectivity index is 2.23. The van der Waals surface area contributed by atoms with Gasteiger partial charge in [-0.25, -0.2) is 9.78 Å². The number of likely N-dealkylation sites (tertiary alicyclic amines) is 1. The lowest BCUT2D eigenvalue weighted by Gasteiger charge is -2.22. The van der Waals surface area contributed by atoms with E-state index in [0.29, 0.717) is 18.5 Å². The Morgan fingerprint density at radius 2 is 2.37 bits per heavy atom. The number of carbonyl (C=O) groups is 2. The third-order valence-corrected chi connectivity index (χ3v) is 3.11. The van der Waals surface area contributed by atoms with Gasteiger partial charge >= 0.3 is 5.97 Å². The molecule has 1 fully saturated rings. The Morgan fingerprint density at radius 1 is 1.58 bits per heavy atom. The first kappa shape index (κ1) is 13.0. The van der Waals surface area contributed by atoms with Crippen LogP contribution in [0.15, 0.2) is 18.3 Å². The first-order valence-corrected chi connectivity index (χ1v) is 5.92. The standard InChI is InChI=1S/C13H13N3O3/c1-19-13(18)11-3-2-6-16(11)12(17)9-4-5-15-10(7-9)8-14/h4-5,7,11H,2-3,6H2,1H3. The van der Waals surface area contributed by atoms with Crippen LogP contribution in [-0.2, 0) is 9.53 Å². The summed E-state index contributed by atoms with van der Waals surface area (Å²) in [5, 5.41) is 8.78. The number of hydrogen-bond acceptors (Lipinski definition) is 5. The number of carbonyl (C=O) groups excluding carboxylic acids is 2. The lowest BCUT2D eigenvalue weighted by atomic mass is 10.1. The predicted molar refractivity (Wildman–Crippen MR) is 65.0 cm³/mol. The fourth-order valence-electron chi connectivity index (χ4n) is 2.18. The van der Waals surface area contributed by atoms with E-state index in [2.05, 4.69) is 4.98 Å². The van der Waals surface area contributed by atoms with E-state index in [0.717, 1.165) is 6.42 Å². The highest BCUT2D eigenvalue weighted by Gasteiger charge is 2.35. The second kappa shape index (κ2) is 5.48. The fourth-order valence-corrected chi connectivity index (χ4v) is 2.18. The molecule has 0 bridgehead atoms. The summed E-state index contributed by atoms with van der Waals surface area (Å²) in [4.78, 5) is 29.2. The Morgan fingerprint density at radius 3 is 3.05 bits per heavy atom. The molecule has 0 saturated carbocycles. The average Bonchev–Trinajstić information content (AvgIpc) is 2.95. The lowest BCUT2D eigenvalue weighted by molar-refractivity contribution is -0.145. The topological polar surface area (TPSA) is 83.3 Å². The molecule has 1 amide bonds. The van der Waals surface area contributed by atoms with Gasteiger partial charge in [0.2, 0.25) is 0 Å². The maximum atomic E-state index is 12.3. The van der Waals surface area contributed by atoms with Crippen LogP contribution in [0.1, 0.15) is 28.9 Å². The molecular weight excluding hydrogens is 246 g/mol. The molecule has 6 nitrogen and oxygen atoms in total. The summed E-state index contributed by atoms with van der Waals surface area (Å²) < 4.78 is 4.70. The number of rotatable bonds is 2. The number of methoxy groups -OCH3 is 1. The summed E-state index contributed by atoms with van der Waals surface area (Å²) in [6.07, 6.45) is 2.78. The molecule has 1 aliphatic heterocycles. The van der Waals surface area contributed by atoms with Gasteiger partial charge in [0.25, 0.3) is 5.91 Å². The SMILES string of the molecule is COC(=O)C1CCCN1C(=O)c1ccnc(C#N)c1. The molecule has 2 heterocycles. The van der Waals surface area contributed by atoms with Gasteiger partial charge in [-0.1, -0.05) is 0 Å². The van der Waals surface area contributed by atoms with E-state index in [-0.39, 0.29) is 11.6 Å². The molecule has 1 saturated heterocycles. The molecular formula is C13H13N3O3. The molecule has 1 atom stereocenters. The first-order chi connectivity index (χ1) is 9.17. The lowest BCUT2D eigenvalue weighted by Crippen LogP contribution is -2.41. The minimum atomic E-state index is -0.531. The minimum absolute atomic E-state index is 0.180. The Kier molecular flexibility index (Phi) is 3.76. The average molecular weight is 259 g/mol. The molecule has 0 spiro atoms. The van der Waals surface area contributed by atoms with Crippen molar-refractivity contribution in [2.24, 2.45) is 0 Å². The molecule has 1 aromatic rings. The van der Waals surface area contributed by atoms with E-state index in [1.54, 1.807) is 0 Å². The number of aromatic nitrogens is 1. The van der Waals surface area contributed by atoms with E-state index >= 15 is 0 Å². The highest BCUT2D eigenvalue weighted by molar-refractivity contribution is 5.97. The summed E-state index contributed by atoms with van der Waals surface area (Å²) in [5.41, 5.74) is 0.544. The fraction of sp³-hybridized carbons (Fsp3) is 0.385. The zero-order chi connectivity index (χ0) is 13.8. The van der Waals surface area contributed by atoms with Crippen LogP contribution in [0.5, 0.6) is 0 Å². The maximum Gasteiger partial charge on any atom is 0.328 e. The molecule has 0 aromatic carbocycles. The van der Waals surface area contributed by atoms with Crippen LogP contribution in [-0.4, -0.2) is 41.5 Å². The number of hydrogen-bond donors (Lipinski definition) is 0. The van der Waals surface area contributed by atoms with Crippen molar-refractivity contribution in [1.82, 2.24) is 9.88 Å². The van der Waals surface area contributed by atoms with Gasteiger partial charge in [0.15, 0.2) is 0 Å². The highest BCUT2D eigenvalue weighted by atomic mass is 16.5. The second-order valence-corrected chi connectivity index (χ2v) is 4.22. The van der Waals surface area contributed by atoms with Crippen LogP contribution in [0.3, 0.4) is 0 Å². The third kappa shape index (κ3) is 2.55. The molecule has 1 aliphatic rings. The number of nitrogens with zero attached hydrogens (tertiary/aromatic N) is 3. The van der Waals surface area contributed by atoms with Gasteiger partial charge in [0.05, 0.1) is 7.11 Å². The van der Waals surface area contributed by atoms with Crippen molar-refractivity contribution in [3.8, 4) is 6.07 Å².